The Hall–Kier alpha value is -1.06. The average molecular weight is 282 g/mol. The molecule has 0 aliphatic carbocycles. The summed E-state index contributed by atoms with van der Waals surface area (Å²) in [5.41, 5.74) is 4.60. The molecule has 0 unspecified atom stereocenters. The highest BCUT2D eigenvalue weighted by molar-refractivity contribution is 7.89. The topological polar surface area (TPSA) is 90.0 Å². The van der Waals surface area contributed by atoms with E-state index in [4.69, 9.17) is 5.73 Å². The van der Waals surface area contributed by atoms with Crippen LogP contribution in [0.2, 0.25) is 0 Å². The van der Waals surface area contributed by atoms with Crippen LogP contribution < -0.4 is 10.5 Å². The van der Waals surface area contributed by atoms with Gasteiger partial charge < -0.3 is 5.73 Å². The monoisotopic (exact) mass is 282 g/mol. The lowest BCUT2D eigenvalue weighted by atomic mass is 10.1. The Balaban J connectivity index is 2.89. The van der Waals surface area contributed by atoms with Crippen molar-refractivity contribution in [2.75, 3.05) is 6.54 Å². The Morgan fingerprint density at radius 2 is 2.17 bits per heavy atom. The predicted molar refractivity (Wildman–Crippen MR) is 61.7 cm³/mol. The lowest BCUT2D eigenvalue weighted by Gasteiger charge is -2.23. The smallest absolute Gasteiger partial charge is 0.257 e. The van der Waals surface area contributed by atoms with Crippen molar-refractivity contribution in [3.8, 4) is 0 Å². The predicted octanol–water partition coefficient (Wildman–Crippen LogP) is 0.164. The standard InChI is InChI=1S/C9H16F2N4O2S/c1-9(2,6-12)14-18(16,17)7-3-13-15(4-7)5-8(10)11/h3-4,8,14H,5-6,12H2,1-2H3. The van der Waals surface area contributed by atoms with Crippen molar-refractivity contribution < 1.29 is 17.2 Å². The molecule has 0 aliphatic rings. The van der Waals surface area contributed by atoms with E-state index in [0.717, 1.165) is 17.1 Å². The van der Waals surface area contributed by atoms with E-state index in [-0.39, 0.29) is 11.4 Å². The second-order valence-corrected chi connectivity index (χ2v) is 6.17. The summed E-state index contributed by atoms with van der Waals surface area (Å²) in [4.78, 5) is -0.162. The molecule has 1 aromatic heterocycles. The molecule has 0 aromatic carbocycles. The van der Waals surface area contributed by atoms with E-state index >= 15 is 0 Å². The quantitative estimate of drug-likeness (QED) is 0.778. The maximum absolute atomic E-state index is 12.1. The molecule has 0 bridgehead atoms. The van der Waals surface area contributed by atoms with Crippen LogP contribution in [0.4, 0.5) is 8.78 Å². The molecule has 3 N–H and O–H groups in total. The zero-order valence-corrected chi connectivity index (χ0v) is 10.9. The first-order valence-electron chi connectivity index (χ1n) is 5.21. The zero-order valence-electron chi connectivity index (χ0n) is 10.1. The van der Waals surface area contributed by atoms with E-state index < -0.39 is 28.5 Å². The van der Waals surface area contributed by atoms with Gasteiger partial charge in [-0.05, 0) is 13.8 Å². The Bertz CT molecular complexity index is 498. The SMILES string of the molecule is CC(C)(CN)NS(=O)(=O)c1cnn(CC(F)F)c1. The summed E-state index contributed by atoms with van der Waals surface area (Å²) in [6, 6.07) is 0. The summed E-state index contributed by atoms with van der Waals surface area (Å²) in [6.45, 7) is 2.70. The fourth-order valence-corrected chi connectivity index (χ4v) is 2.56. The summed E-state index contributed by atoms with van der Waals surface area (Å²) in [7, 11) is -3.80. The molecule has 0 saturated carbocycles. The molecule has 1 heterocycles. The lowest BCUT2D eigenvalue weighted by molar-refractivity contribution is 0.121. The first-order valence-corrected chi connectivity index (χ1v) is 6.69. The Kier molecular flexibility index (Phi) is 4.41. The molecular formula is C9H16F2N4O2S. The van der Waals surface area contributed by atoms with Gasteiger partial charge in [0.2, 0.25) is 10.0 Å². The van der Waals surface area contributed by atoms with Crippen LogP contribution in [0.5, 0.6) is 0 Å². The maximum Gasteiger partial charge on any atom is 0.257 e. The van der Waals surface area contributed by atoms with Crippen LogP contribution in [0.25, 0.3) is 0 Å². The van der Waals surface area contributed by atoms with Crippen LogP contribution in [0.3, 0.4) is 0 Å². The van der Waals surface area contributed by atoms with Crippen molar-refractivity contribution in [1.82, 2.24) is 14.5 Å². The molecule has 18 heavy (non-hydrogen) atoms. The summed E-state index contributed by atoms with van der Waals surface area (Å²) < 4.78 is 51.3. The molecule has 0 spiro atoms. The third-order valence-corrected chi connectivity index (χ3v) is 3.82. The molecule has 9 heteroatoms. The average Bonchev–Trinajstić information content (AvgIpc) is 2.64. The summed E-state index contributed by atoms with van der Waals surface area (Å²) in [5.74, 6) is 0. The summed E-state index contributed by atoms with van der Waals surface area (Å²) in [5, 5.41) is 3.56. The number of aromatic nitrogens is 2. The fourth-order valence-electron chi connectivity index (χ4n) is 1.19. The molecule has 0 fully saturated rings. The maximum atomic E-state index is 12.1. The second kappa shape index (κ2) is 5.29. The number of halogens is 2. The van der Waals surface area contributed by atoms with Crippen LogP contribution in [-0.4, -0.2) is 36.7 Å². The van der Waals surface area contributed by atoms with Crippen LogP contribution in [0.15, 0.2) is 17.3 Å². The first kappa shape index (κ1) is 15.0. The number of sulfonamides is 1. The third-order valence-electron chi connectivity index (χ3n) is 2.17. The van der Waals surface area contributed by atoms with Crippen molar-refractivity contribution >= 4 is 10.0 Å². The number of hydrogen-bond donors (Lipinski definition) is 2. The van der Waals surface area contributed by atoms with Crippen molar-refractivity contribution in [2.45, 2.75) is 37.3 Å². The van der Waals surface area contributed by atoms with E-state index in [9.17, 15) is 17.2 Å². The summed E-state index contributed by atoms with van der Waals surface area (Å²) in [6.07, 6.45) is -0.507. The van der Waals surface area contributed by atoms with Crippen molar-refractivity contribution in [1.29, 1.82) is 0 Å². The molecule has 0 aliphatic heterocycles. The van der Waals surface area contributed by atoms with Gasteiger partial charge in [0.25, 0.3) is 6.43 Å². The molecule has 0 amide bonds. The minimum atomic E-state index is -3.80. The van der Waals surface area contributed by atoms with Crippen LogP contribution in [0, 0.1) is 0 Å². The van der Waals surface area contributed by atoms with Gasteiger partial charge in [-0.15, -0.1) is 0 Å². The third kappa shape index (κ3) is 4.00. The van der Waals surface area contributed by atoms with E-state index in [1.165, 1.54) is 0 Å². The highest BCUT2D eigenvalue weighted by Crippen LogP contribution is 2.12. The fraction of sp³-hybridized carbons (Fsp3) is 0.667. The van der Waals surface area contributed by atoms with Gasteiger partial charge in [-0.25, -0.2) is 21.9 Å². The number of nitrogens with zero attached hydrogens (tertiary/aromatic N) is 2. The van der Waals surface area contributed by atoms with Crippen LogP contribution in [0.1, 0.15) is 13.8 Å². The number of hydrogen-bond acceptors (Lipinski definition) is 4. The molecule has 1 rings (SSSR count). The minimum Gasteiger partial charge on any atom is -0.329 e. The molecule has 0 saturated heterocycles. The molecule has 0 radical (unpaired) electrons. The molecule has 1 aromatic rings. The van der Waals surface area contributed by atoms with E-state index in [1.807, 2.05) is 0 Å². The normalized spacial score (nSPS) is 13.2. The Morgan fingerprint density at radius 3 is 2.67 bits per heavy atom. The Morgan fingerprint density at radius 1 is 1.56 bits per heavy atom. The number of nitrogens with two attached hydrogens (primary N) is 1. The largest absolute Gasteiger partial charge is 0.329 e. The van der Waals surface area contributed by atoms with Crippen molar-refractivity contribution in [3.63, 3.8) is 0 Å². The van der Waals surface area contributed by atoms with E-state index in [0.29, 0.717) is 0 Å². The van der Waals surface area contributed by atoms with Gasteiger partial charge in [-0.2, -0.15) is 5.10 Å². The number of nitrogens with one attached hydrogen (secondary N) is 1. The van der Waals surface area contributed by atoms with Gasteiger partial charge in [0.05, 0.1) is 6.20 Å². The van der Waals surface area contributed by atoms with Gasteiger partial charge in [-0.3, -0.25) is 4.68 Å². The van der Waals surface area contributed by atoms with E-state index in [1.54, 1.807) is 13.8 Å². The Labute approximate surface area is 104 Å². The highest BCUT2D eigenvalue weighted by Gasteiger charge is 2.26. The van der Waals surface area contributed by atoms with Gasteiger partial charge in [0, 0.05) is 18.3 Å². The number of alkyl halides is 2. The van der Waals surface area contributed by atoms with E-state index in [2.05, 4.69) is 9.82 Å². The molecule has 6 nitrogen and oxygen atoms in total. The van der Waals surface area contributed by atoms with Gasteiger partial charge >= 0.3 is 0 Å². The van der Waals surface area contributed by atoms with Gasteiger partial charge in [0.1, 0.15) is 11.4 Å². The van der Waals surface area contributed by atoms with Gasteiger partial charge in [0.15, 0.2) is 0 Å². The van der Waals surface area contributed by atoms with Crippen molar-refractivity contribution in [3.05, 3.63) is 12.4 Å². The second-order valence-electron chi connectivity index (χ2n) is 4.48. The number of rotatable bonds is 6. The van der Waals surface area contributed by atoms with Gasteiger partial charge in [-0.1, -0.05) is 0 Å². The molecular weight excluding hydrogens is 266 g/mol. The van der Waals surface area contributed by atoms with Crippen molar-refractivity contribution in [2.24, 2.45) is 5.73 Å². The van der Waals surface area contributed by atoms with Crippen LogP contribution >= 0.6 is 0 Å². The van der Waals surface area contributed by atoms with Crippen LogP contribution in [-0.2, 0) is 16.6 Å². The minimum absolute atomic E-state index is 0.109. The molecule has 0 atom stereocenters. The summed E-state index contributed by atoms with van der Waals surface area (Å²) >= 11 is 0. The zero-order chi connectivity index (χ0) is 14.0. The molecule has 104 valence electrons. The first-order chi connectivity index (χ1) is 8.16. The highest BCUT2D eigenvalue weighted by atomic mass is 32.2. The lowest BCUT2D eigenvalue weighted by Crippen LogP contribution is -2.48.